The van der Waals surface area contributed by atoms with Gasteiger partial charge in [-0.05, 0) is 30.5 Å². The molecule has 1 heterocycles. The number of aliphatic hydroxyl groups excluding tert-OH is 1. The highest BCUT2D eigenvalue weighted by atomic mass is 19.1. The molecule has 6 heteroatoms. The van der Waals surface area contributed by atoms with Crippen molar-refractivity contribution >= 4 is 0 Å². The van der Waals surface area contributed by atoms with Crippen LogP contribution >= 0.6 is 0 Å². The maximum absolute atomic E-state index is 13.1. The van der Waals surface area contributed by atoms with Gasteiger partial charge < -0.3 is 5.11 Å². The van der Waals surface area contributed by atoms with Gasteiger partial charge in [0.15, 0.2) is 0 Å². The van der Waals surface area contributed by atoms with E-state index in [1.54, 1.807) is 4.68 Å². The average molecular weight is 281 g/mol. The molecule has 0 spiro atoms. The molecule has 1 aromatic heterocycles. The quantitative estimate of drug-likeness (QED) is 0.882. The van der Waals surface area contributed by atoms with Crippen molar-refractivity contribution in [1.82, 2.24) is 14.8 Å². The van der Waals surface area contributed by atoms with Gasteiger partial charge in [0, 0.05) is 19.0 Å². The number of hydrogen-bond acceptors (Lipinski definition) is 3. The van der Waals surface area contributed by atoms with E-state index >= 15 is 0 Å². The highest BCUT2D eigenvalue weighted by molar-refractivity contribution is 5.18. The van der Waals surface area contributed by atoms with Gasteiger partial charge in [-0.15, -0.1) is 0 Å². The van der Waals surface area contributed by atoms with E-state index in [9.17, 15) is 13.9 Å². The molecule has 20 heavy (non-hydrogen) atoms. The van der Waals surface area contributed by atoms with E-state index < -0.39 is 17.7 Å². The van der Waals surface area contributed by atoms with Crippen LogP contribution in [0.25, 0.3) is 0 Å². The monoisotopic (exact) mass is 281 g/mol. The topological polar surface area (TPSA) is 50.9 Å². The van der Waals surface area contributed by atoms with Crippen LogP contribution in [-0.2, 0) is 19.4 Å². The lowest BCUT2D eigenvalue weighted by Crippen LogP contribution is -2.18. The van der Waals surface area contributed by atoms with Crippen LogP contribution in [-0.4, -0.2) is 26.0 Å². The normalized spacial score (nSPS) is 12.6. The molecule has 0 aliphatic heterocycles. The van der Waals surface area contributed by atoms with E-state index in [1.807, 2.05) is 6.92 Å². The van der Waals surface area contributed by atoms with Crippen molar-refractivity contribution in [2.45, 2.75) is 38.8 Å². The van der Waals surface area contributed by atoms with Crippen LogP contribution < -0.4 is 0 Å². The number of benzene rings is 1. The average Bonchev–Trinajstić information content (AvgIpc) is 2.75. The van der Waals surface area contributed by atoms with Crippen LogP contribution in [0.5, 0.6) is 0 Å². The first-order valence-electron chi connectivity index (χ1n) is 6.58. The number of rotatable bonds is 6. The zero-order chi connectivity index (χ0) is 14.5. The van der Waals surface area contributed by atoms with Gasteiger partial charge in [-0.1, -0.05) is 6.92 Å². The summed E-state index contributed by atoms with van der Waals surface area (Å²) in [6, 6.07) is 3.26. The minimum atomic E-state index is -0.754. The van der Waals surface area contributed by atoms with E-state index in [1.165, 1.54) is 18.5 Å². The first-order valence-corrected chi connectivity index (χ1v) is 6.58. The maximum atomic E-state index is 13.1. The van der Waals surface area contributed by atoms with Crippen molar-refractivity contribution < 1.29 is 13.9 Å². The Morgan fingerprint density at radius 2 is 1.90 bits per heavy atom. The van der Waals surface area contributed by atoms with Crippen molar-refractivity contribution in [2.75, 3.05) is 0 Å². The first-order chi connectivity index (χ1) is 9.58. The largest absolute Gasteiger partial charge is 0.392 e. The van der Waals surface area contributed by atoms with Crippen LogP contribution in [0.2, 0.25) is 0 Å². The molecule has 1 atom stereocenters. The van der Waals surface area contributed by atoms with E-state index in [0.717, 1.165) is 19.0 Å². The predicted molar refractivity (Wildman–Crippen MR) is 70.1 cm³/mol. The second kappa shape index (κ2) is 6.56. The fourth-order valence-electron chi connectivity index (χ4n) is 2.13. The van der Waals surface area contributed by atoms with E-state index in [0.29, 0.717) is 17.8 Å². The van der Waals surface area contributed by atoms with Crippen molar-refractivity contribution in [2.24, 2.45) is 0 Å². The van der Waals surface area contributed by atoms with Crippen LogP contribution in [0, 0.1) is 11.6 Å². The molecular formula is C14H17F2N3O. The molecule has 0 radical (unpaired) electrons. The molecule has 108 valence electrons. The Balaban J connectivity index is 2.01. The van der Waals surface area contributed by atoms with Gasteiger partial charge in [-0.25, -0.2) is 13.8 Å². The lowest BCUT2D eigenvalue weighted by molar-refractivity contribution is 0.171. The van der Waals surface area contributed by atoms with Gasteiger partial charge >= 0.3 is 0 Å². The van der Waals surface area contributed by atoms with Gasteiger partial charge in [0.25, 0.3) is 0 Å². The fraction of sp³-hybridized carbons (Fsp3) is 0.429. The molecule has 4 nitrogen and oxygen atoms in total. The molecule has 0 saturated heterocycles. The van der Waals surface area contributed by atoms with Gasteiger partial charge in [0.05, 0.1) is 6.10 Å². The first kappa shape index (κ1) is 14.6. The van der Waals surface area contributed by atoms with Crippen LogP contribution in [0.1, 0.15) is 24.7 Å². The van der Waals surface area contributed by atoms with Crippen molar-refractivity contribution in [3.8, 4) is 0 Å². The highest BCUT2D eigenvalue weighted by Crippen LogP contribution is 2.12. The Bertz CT molecular complexity index is 551. The highest BCUT2D eigenvalue weighted by Gasteiger charge is 2.13. The van der Waals surface area contributed by atoms with E-state index in [2.05, 4.69) is 10.1 Å². The molecule has 0 aliphatic rings. The van der Waals surface area contributed by atoms with Gasteiger partial charge in [0.2, 0.25) is 0 Å². The van der Waals surface area contributed by atoms with Crippen LogP contribution in [0.3, 0.4) is 0 Å². The lowest BCUT2D eigenvalue weighted by Gasteiger charge is -2.11. The zero-order valence-electron chi connectivity index (χ0n) is 11.3. The van der Waals surface area contributed by atoms with Gasteiger partial charge in [0.1, 0.15) is 23.8 Å². The van der Waals surface area contributed by atoms with E-state index in [4.69, 9.17) is 0 Å². The fourth-order valence-corrected chi connectivity index (χ4v) is 2.13. The summed E-state index contributed by atoms with van der Waals surface area (Å²) >= 11 is 0. The molecular weight excluding hydrogens is 264 g/mol. The number of nitrogens with zero attached hydrogens (tertiary/aromatic N) is 3. The summed E-state index contributed by atoms with van der Waals surface area (Å²) in [5, 5.41) is 14.1. The number of aromatic nitrogens is 3. The standard InChI is InChI=1S/C14H17F2N3O/c1-2-3-19-14(17-9-18-19)8-13(20)6-10-4-11(15)7-12(16)5-10/h4-5,7,9,13,20H,2-3,6,8H2,1H3. The summed E-state index contributed by atoms with van der Waals surface area (Å²) in [5.74, 6) is -0.598. The minimum Gasteiger partial charge on any atom is -0.392 e. The zero-order valence-corrected chi connectivity index (χ0v) is 11.3. The minimum absolute atomic E-state index is 0.174. The molecule has 0 amide bonds. The van der Waals surface area contributed by atoms with Gasteiger partial charge in [-0.2, -0.15) is 5.10 Å². The molecule has 0 bridgehead atoms. The Hall–Kier alpha value is -1.82. The molecule has 1 N–H and O–H groups in total. The molecule has 0 aliphatic carbocycles. The summed E-state index contributed by atoms with van der Waals surface area (Å²) in [5.41, 5.74) is 0.427. The molecule has 0 saturated carbocycles. The second-order valence-corrected chi connectivity index (χ2v) is 4.74. The van der Waals surface area contributed by atoms with Crippen molar-refractivity contribution in [1.29, 1.82) is 0 Å². The SMILES string of the molecule is CCCn1ncnc1CC(O)Cc1cc(F)cc(F)c1. The summed E-state index contributed by atoms with van der Waals surface area (Å²) in [7, 11) is 0. The summed E-state index contributed by atoms with van der Waals surface area (Å²) in [6.07, 6.45) is 2.09. The molecule has 2 aromatic rings. The number of aryl methyl sites for hydroxylation is 1. The van der Waals surface area contributed by atoms with Gasteiger partial charge in [-0.3, -0.25) is 4.68 Å². The predicted octanol–water partition coefficient (Wildman–Crippen LogP) is 2.11. The molecule has 1 unspecified atom stereocenters. The molecule has 2 rings (SSSR count). The Morgan fingerprint density at radius 3 is 2.55 bits per heavy atom. The number of aliphatic hydroxyl groups is 1. The second-order valence-electron chi connectivity index (χ2n) is 4.74. The smallest absolute Gasteiger partial charge is 0.138 e. The Labute approximate surface area is 116 Å². The lowest BCUT2D eigenvalue weighted by atomic mass is 10.1. The Morgan fingerprint density at radius 1 is 1.20 bits per heavy atom. The summed E-state index contributed by atoms with van der Waals surface area (Å²) in [6.45, 7) is 2.76. The van der Waals surface area contributed by atoms with E-state index in [-0.39, 0.29) is 6.42 Å². The maximum Gasteiger partial charge on any atom is 0.138 e. The molecule has 1 aromatic carbocycles. The van der Waals surface area contributed by atoms with Crippen LogP contribution in [0.15, 0.2) is 24.5 Å². The third-order valence-corrected chi connectivity index (χ3v) is 2.94. The van der Waals surface area contributed by atoms with Crippen LogP contribution in [0.4, 0.5) is 8.78 Å². The third kappa shape index (κ3) is 3.84. The summed E-state index contributed by atoms with van der Waals surface area (Å²) in [4.78, 5) is 4.10. The van der Waals surface area contributed by atoms with Crippen molar-refractivity contribution in [3.63, 3.8) is 0 Å². The van der Waals surface area contributed by atoms with Crippen molar-refractivity contribution in [3.05, 3.63) is 47.5 Å². The Kier molecular flexibility index (Phi) is 4.79. The number of halogens is 2. The number of hydrogen-bond donors (Lipinski definition) is 1. The summed E-state index contributed by atoms with van der Waals surface area (Å²) < 4.78 is 27.9. The molecule has 0 fully saturated rings. The third-order valence-electron chi connectivity index (χ3n) is 2.94.